The lowest BCUT2D eigenvalue weighted by Crippen LogP contribution is -2.36. The number of carbonyl (C=O) groups excluding carboxylic acids is 2. The Morgan fingerprint density at radius 1 is 1.20 bits per heavy atom. The van der Waals surface area contributed by atoms with Crippen molar-refractivity contribution in [2.45, 2.75) is 25.4 Å². The van der Waals surface area contributed by atoms with E-state index in [0.29, 0.717) is 24.2 Å². The summed E-state index contributed by atoms with van der Waals surface area (Å²) >= 11 is 0. The summed E-state index contributed by atoms with van der Waals surface area (Å²) in [5.74, 6) is -1.60. The molecule has 5 nitrogen and oxygen atoms in total. The van der Waals surface area contributed by atoms with E-state index in [0.717, 1.165) is 11.1 Å². The van der Waals surface area contributed by atoms with Crippen LogP contribution in [0, 0.1) is 5.82 Å². The average Bonchev–Trinajstić information content (AvgIpc) is 2.61. The first-order valence-corrected chi connectivity index (χ1v) is 8.12. The first kappa shape index (κ1) is 17.1. The van der Waals surface area contributed by atoms with Gasteiger partial charge in [0.15, 0.2) is 0 Å². The number of halogens is 1. The summed E-state index contributed by atoms with van der Waals surface area (Å²) in [6.45, 7) is 0.437. The second-order valence-corrected chi connectivity index (χ2v) is 6.05. The number of hydrogen-bond donors (Lipinski definition) is 3. The van der Waals surface area contributed by atoms with Gasteiger partial charge in [-0.15, -0.1) is 0 Å². The molecule has 1 unspecified atom stereocenters. The molecule has 2 aromatic rings. The van der Waals surface area contributed by atoms with E-state index in [1.54, 1.807) is 6.07 Å². The number of amides is 2. The van der Waals surface area contributed by atoms with Crippen LogP contribution in [0.4, 0.5) is 10.1 Å². The molecule has 25 heavy (non-hydrogen) atoms. The van der Waals surface area contributed by atoms with Gasteiger partial charge in [-0.1, -0.05) is 30.3 Å². The zero-order valence-electron chi connectivity index (χ0n) is 13.6. The molecule has 0 aliphatic carbocycles. The number of aliphatic hydroxyl groups is 1. The fourth-order valence-corrected chi connectivity index (χ4v) is 2.94. The van der Waals surface area contributed by atoms with E-state index in [1.807, 2.05) is 24.3 Å². The summed E-state index contributed by atoms with van der Waals surface area (Å²) in [5, 5.41) is 14.5. The third-order valence-electron chi connectivity index (χ3n) is 4.29. The van der Waals surface area contributed by atoms with Crippen LogP contribution in [0.15, 0.2) is 42.5 Å². The molecule has 2 amide bonds. The van der Waals surface area contributed by atoms with Crippen LogP contribution in [-0.2, 0) is 22.6 Å². The molecule has 0 spiro atoms. The molecule has 0 fully saturated rings. The van der Waals surface area contributed by atoms with E-state index in [2.05, 4.69) is 10.6 Å². The minimum absolute atomic E-state index is 0.000757. The molecule has 1 aliphatic heterocycles. The fraction of sp³-hybridized carbons (Fsp3) is 0.263. The van der Waals surface area contributed by atoms with Crippen molar-refractivity contribution in [1.82, 2.24) is 5.32 Å². The standard InChI is InChI=1S/C19H19FN2O3/c20-14-5-6-15-16(10-18(24)22-17(15)9-14)19(25)21-8-7-12-1-3-13(11-23)4-2-12/h1-6,9,16,23H,7-8,10-11H2,(H,21,25)(H,22,24). The highest BCUT2D eigenvalue weighted by Gasteiger charge is 2.30. The van der Waals surface area contributed by atoms with Gasteiger partial charge in [0.2, 0.25) is 11.8 Å². The van der Waals surface area contributed by atoms with Gasteiger partial charge in [-0.05, 0) is 35.2 Å². The van der Waals surface area contributed by atoms with Crippen LogP contribution in [0.25, 0.3) is 0 Å². The van der Waals surface area contributed by atoms with E-state index in [9.17, 15) is 14.0 Å². The van der Waals surface area contributed by atoms with Gasteiger partial charge in [0, 0.05) is 18.7 Å². The smallest absolute Gasteiger partial charge is 0.228 e. The maximum absolute atomic E-state index is 13.3. The van der Waals surface area contributed by atoms with Crippen molar-refractivity contribution in [3.8, 4) is 0 Å². The van der Waals surface area contributed by atoms with Crippen LogP contribution in [0.3, 0.4) is 0 Å². The van der Waals surface area contributed by atoms with Gasteiger partial charge in [0.05, 0.1) is 12.5 Å². The van der Waals surface area contributed by atoms with Gasteiger partial charge in [-0.3, -0.25) is 9.59 Å². The number of carbonyl (C=O) groups is 2. The largest absolute Gasteiger partial charge is 0.392 e. The number of fused-ring (bicyclic) bond motifs is 1. The SMILES string of the molecule is O=C1CC(C(=O)NCCc2ccc(CO)cc2)c2ccc(F)cc2N1. The molecular formula is C19H19FN2O3. The maximum atomic E-state index is 13.3. The zero-order valence-corrected chi connectivity index (χ0v) is 13.6. The summed E-state index contributed by atoms with van der Waals surface area (Å²) in [6.07, 6.45) is 0.697. The van der Waals surface area contributed by atoms with E-state index in [-0.39, 0.29) is 24.8 Å². The van der Waals surface area contributed by atoms with Gasteiger partial charge in [-0.25, -0.2) is 4.39 Å². The third kappa shape index (κ3) is 4.03. The Kier molecular flexibility index (Phi) is 5.09. The van der Waals surface area contributed by atoms with Gasteiger partial charge in [-0.2, -0.15) is 0 Å². The minimum Gasteiger partial charge on any atom is -0.392 e. The molecule has 0 bridgehead atoms. The molecule has 1 aliphatic rings. The number of aliphatic hydroxyl groups excluding tert-OH is 1. The predicted octanol–water partition coefficient (Wildman–Crippen LogP) is 2.10. The van der Waals surface area contributed by atoms with Crippen molar-refractivity contribution < 1.29 is 19.1 Å². The normalized spacial score (nSPS) is 16.1. The van der Waals surface area contributed by atoms with E-state index < -0.39 is 11.7 Å². The van der Waals surface area contributed by atoms with Crippen molar-refractivity contribution in [3.05, 3.63) is 65.0 Å². The van der Waals surface area contributed by atoms with Crippen molar-refractivity contribution in [2.75, 3.05) is 11.9 Å². The summed E-state index contributed by atoms with van der Waals surface area (Å²) < 4.78 is 13.3. The summed E-state index contributed by atoms with van der Waals surface area (Å²) in [7, 11) is 0. The lowest BCUT2D eigenvalue weighted by atomic mass is 9.89. The van der Waals surface area contributed by atoms with Crippen LogP contribution in [0.5, 0.6) is 0 Å². The Bertz CT molecular complexity index is 790. The van der Waals surface area contributed by atoms with E-state index in [1.165, 1.54) is 12.1 Å². The number of hydrogen-bond acceptors (Lipinski definition) is 3. The third-order valence-corrected chi connectivity index (χ3v) is 4.29. The van der Waals surface area contributed by atoms with Crippen LogP contribution < -0.4 is 10.6 Å². The highest BCUT2D eigenvalue weighted by Crippen LogP contribution is 2.32. The fourth-order valence-electron chi connectivity index (χ4n) is 2.94. The Morgan fingerprint density at radius 2 is 1.92 bits per heavy atom. The molecule has 0 saturated carbocycles. The molecule has 2 aromatic carbocycles. The topological polar surface area (TPSA) is 78.4 Å². The van der Waals surface area contributed by atoms with Gasteiger partial charge in [0.25, 0.3) is 0 Å². The first-order chi connectivity index (χ1) is 12.1. The molecule has 1 atom stereocenters. The van der Waals surface area contributed by atoms with Gasteiger partial charge in [0.1, 0.15) is 5.82 Å². The van der Waals surface area contributed by atoms with Gasteiger partial charge >= 0.3 is 0 Å². The summed E-state index contributed by atoms with van der Waals surface area (Å²) in [6, 6.07) is 11.6. The second-order valence-electron chi connectivity index (χ2n) is 6.05. The molecular weight excluding hydrogens is 323 g/mol. The molecule has 3 N–H and O–H groups in total. The number of anilines is 1. The number of benzene rings is 2. The lowest BCUT2D eigenvalue weighted by Gasteiger charge is -2.24. The molecule has 1 heterocycles. The Balaban J connectivity index is 1.62. The van der Waals surface area contributed by atoms with Crippen LogP contribution in [0.2, 0.25) is 0 Å². The van der Waals surface area contributed by atoms with Gasteiger partial charge < -0.3 is 15.7 Å². The van der Waals surface area contributed by atoms with Crippen LogP contribution >= 0.6 is 0 Å². The van der Waals surface area contributed by atoms with Crippen molar-refractivity contribution in [1.29, 1.82) is 0 Å². The van der Waals surface area contributed by atoms with Crippen LogP contribution in [-0.4, -0.2) is 23.5 Å². The molecule has 0 saturated heterocycles. The lowest BCUT2D eigenvalue weighted by molar-refractivity contribution is -0.126. The molecule has 0 radical (unpaired) electrons. The maximum Gasteiger partial charge on any atom is 0.228 e. The minimum atomic E-state index is -0.610. The molecule has 130 valence electrons. The Hall–Kier alpha value is -2.73. The molecule has 3 rings (SSSR count). The van der Waals surface area contributed by atoms with E-state index >= 15 is 0 Å². The van der Waals surface area contributed by atoms with E-state index in [4.69, 9.17) is 5.11 Å². The monoisotopic (exact) mass is 342 g/mol. The summed E-state index contributed by atoms with van der Waals surface area (Å²) in [5.41, 5.74) is 2.87. The number of nitrogens with one attached hydrogen (secondary N) is 2. The molecule has 6 heteroatoms. The zero-order chi connectivity index (χ0) is 17.8. The predicted molar refractivity (Wildman–Crippen MR) is 91.5 cm³/mol. The molecule has 0 aromatic heterocycles. The first-order valence-electron chi connectivity index (χ1n) is 8.12. The highest BCUT2D eigenvalue weighted by atomic mass is 19.1. The number of rotatable bonds is 5. The average molecular weight is 342 g/mol. The van der Waals surface area contributed by atoms with Crippen LogP contribution in [0.1, 0.15) is 29.0 Å². The van der Waals surface area contributed by atoms with Crippen molar-refractivity contribution in [3.63, 3.8) is 0 Å². The second kappa shape index (κ2) is 7.44. The quantitative estimate of drug-likeness (QED) is 0.779. The Morgan fingerprint density at radius 3 is 2.64 bits per heavy atom. The van der Waals surface area contributed by atoms with Crippen molar-refractivity contribution >= 4 is 17.5 Å². The Labute approximate surface area is 144 Å². The summed E-state index contributed by atoms with van der Waals surface area (Å²) in [4.78, 5) is 24.2. The van der Waals surface area contributed by atoms with Crippen molar-refractivity contribution in [2.24, 2.45) is 0 Å². The highest BCUT2D eigenvalue weighted by molar-refractivity contribution is 6.01.